The number of ether oxygens (including phenoxy) is 1. The van der Waals surface area contributed by atoms with E-state index in [1.54, 1.807) is 30.7 Å². The van der Waals surface area contributed by atoms with E-state index in [9.17, 15) is 9.59 Å². The van der Waals surface area contributed by atoms with Crippen LogP contribution in [0.1, 0.15) is 15.2 Å². The Balaban J connectivity index is 2.10. The summed E-state index contributed by atoms with van der Waals surface area (Å²) in [7, 11) is 1.56. The summed E-state index contributed by atoms with van der Waals surface area (Å²) in [5.74, 6) is 0.541. The van der Waals surface area contributed by atoms with Gasteiger partial charge in [-0.05, 0) is 28.1 Å². The fraction of sp³-hybridized carbons (Fsp3) is 0.0769. The molecule has 0 atom stereocenters. The van der Waals surface area contributed by atoms with Crippen molar-refractivity contribution < 1.29 is 9.53 Å². The summed E-state index contributed by atoms with van der Waals surface area (Å²) in [6.07, 6.45) is 0. The van der Waals surface area contributed by atoms with Gasteiger partial charge in [-0.25, -0.2) is 4.79 Å². The van der Waals surface area contributed by atoms with Gasteiger partial charge in [-0.3, -0.25) is 4.79 Å². The Hall–Kier alpha value is -1.86. The highest BCUT2D eigenvalue weighted by Gasteiger charge is 2.17. The smallest absolute Gasteiger partial charge is 0.323 e. The van der Waals surface area contributed by atoms with E-state index < -0.39 is 0 Å². The molecule has 1 aromatic carbocycles. The van der Waals surface area contributed by atoms with E-state index in [1.807, 2.05) is 0 Å². The van der Waals surface area contributed by atoms with Crippen molar-refractivity contribution in [2.45, 2.75) is 0 Å². The molecule has 0 spiro atoms. The van der Waals surface area contributed by atoms with Crippen LogP contribution in [-0.2, 0) is 0 Å². The quantitative estimate of drug-likeness (QED) is 0.711. The van der Waals surface area contributed by atoms with Crippen molar-refractivity contribution in [2.24, 2.45) is 0 Å². The topological polar surface area (TPSA) is 75.0 Å². The van der Waals surface area contributed by atoms with Crippen molar-refractivity contribution in [1.82, 2.24) is 9.97 Å². The molecular weight excluding hydrogens is 344 g/mol. The van der Waals surface area contributed by atoms with Gasteiger partial charge in [0.25, 0.3) is 0 Å². The number of thiophene rings is 1. The predicted octanol–water partition coefficient (Wildman–Crippen LogP) is 2.92. The number of fused-ring (bicyclic) bond motifs is 1. The van der Waals surface area contributed by atoms with Crippen LogP contribution in [0.2, 0.25) is 0 Å². The van der Waals surface area contributed by atoms with E-state index in [-0.39, 0.29) is 11.5 Å². The summed E-state index contributed by atoms with van der Waals surface area (Å²) < 4.78 is 5.72. The number of hydrogen-bond acceptors (Lipinski definition) is 4. The van der Waals surface area contributed by atoms with Crippen LogP contribution < -0.4 is 10.4 Å². The minimum atomic E-state index is -0.297. The third-order valence-corrected chi connectivity index (χ3v) is 4.45. The van der Waals surface area contributed by atoms with Crippen LogP contribution in [-0.4, -0.2) is 22.9 Å². The molecule has 3 rings (SSSR count). The molecule has 0 aliphatic rings. The molecule has 102 valence electrons. The van der Waals surface area contributed by atoms with Crippen molar-refractivity contribution in [3.8, 4) is 5.75 Å². The molecule has 0 aliphatic heterocycles. The Morgan fingerprint density at radius 1 is 1.25 bits per heavy atom. The van der Waals surface area contributed by atoms with E-state index in [4.69, 9.17) is 4.74 Å². The van der Waals surface area contributed by atoms with Gasteiger partial charge < -0.3 is 14.7 Å². The zero-order chi connectivity index (χ0) is 14.3. The number of methoxy groups -OCH3 is 1. The molecule has 5 nitrogen and oxygen atoms in total. The van der Waals surface area contributed by atoms with E-state index in [0.717, 1.165) is 0 Å². The number of carbonyl (C=O) groups excluding carboxylic acids is 1. The van der Waals surface area contributed by atoms with E-state index in [0.29, 0.717) is 31.7 Å². The number of rotatable bonds is 3. The molecule has 0 amide bonds. The lowest BCUT2D eigenvalue weighted by Crippen LogP contribution is -2.00. The molecule has 2 aromatic heterocycles. The van der Waals surface area contributed by atoms with Crippen LogP contribution in [0, 0.1) is 0 Å². The van der Waals surface area contributed by atoms with E-state index in [2.05, 4.69) is 25.9 Å². The lowest BCUT2D eigenvalue weighted by Gasteiger charge is -2.02. The van der Waals surface area contributed by atoms with Crippen molar-refractivity contribution in [3.05, 3.63) is 49.0 Å². The van der Waals surface area contributed by atoms with Gasteiger partial charge in [-0.15, -0.1) is 11.3 Å². The first-order chi connectivity index (χ1) is 9.58. The average Bonchev–Trinajstić information content (AvgIpc) is 3.02. The number of imidazole rings is 1. The molecule has 7 heteroatoms. The van der Waals surface area contributed by atoms with Gasteiger partial charge in [0.1, 0.15) is 5.75 Å². The molecule has 0 bridgehead atoms. The van der Waals surface area contributed by atoms with Crippen LogP contribution in [0.4, 0.5) is 0 Å². The lowest BCUT2D eigenvalue weighted by molar-refractivity contribution is 0.104. The summed E-state index contributed by atoms with van der Waals surface area (Å²) in [5.41, 5.74) is 1.46. The van der Waals surface area contributed by atoms with Gasteiger partial charge in [-0.1, -0.05) is 0 Å². The van der Waals surface area contributed by atoms with Crippen LogP contribution in [0.25, 0.3) is 11.0 Å². The van der Waals surface area contributed by atoms with Crippen molar-refractivity contribution >= 4 is 44.1 Å². The van der Waals surface area contributed by atoms with Crippen LogP contribution in [0.15, 0.2) is 32.8 Å². The molecule has 2 N–H and O–H groups in total. The number of aromatic amines is 2. The van der Waals surface area contributed by atoms with Gasteiger partial charge >= 0.3 is 5.69 Å². The minimum Gasteiger partial charge on any atom is -0.496 e. The van der Waals surface area contributed by atoms with Crippen molar-refractivity contribution in [1.29, 1.82) is 0 Å². The molecule has 0 radical (unpaired) electrons. The summed E-state index contributed by atoms with van der Waals surface area (Å²) in [4.78, 5) is 29.6. The number of H-pyrrole nitrogens is 2. The SMILES string of the molecule is COc1csc(C(=O)c2cc3[nH]c(=O)[nH]c3cc2Br)c1. The number of carbonyl (C=O) groups is 1. The van der Waals surface area contributed by atoms with E-state index in [1.165, 1.54) is 11.3 Å². The van der Waals surface area contributed by atoms with Gasteiger partial charge in [-0.2, -0.15) is 0 Å². The molecule has 0 aliphatic carbocycles. The van der Waals surface area contributed by atoms with Gasteiger partial charge in [0.2, 0.25) is 5.78 Å². The molecule has 2 heterocycles. The minimum absolute atomic E-state index is 0.117. The highest BCUT2D eigenvalue weighted by Crippen LogP contribution is 2.28. The standard InChI is InChI=1S/C13H9BrN2O3S/c1-19-6-2-11(20-5-6)12(17)7-3-9-10(4-8(7)14)16-13(18)15-9/h2-5H,1H3,(H2,15,16,18). The second-order valence-electron chi connectivity index (χ2n) is 4.14. The molecule has 0 saturated carbocycles. The number of hydrogen-bond donors (Lipinski definition) is 2. The van der Waals surface area contributed by atoms with Crippen LogP contribution in [0.5, 0.6) is 5.75 Å². The van der Waals surface area contributed by atoms with Crippen LogP contribution in [0.3, 0.4) is 0 Å². The van der Waals surface area contributed by atoms with Crippen molar-refractivity contribution in [3.63, 3.8) is 0 Å². The maximum Gasteiger partial charge on any atom is 0.323 e. The Labute approximate surface area is 125 Å². The molecule has 0 saturated heterocycles. The first-order valence-electron chi connectivity index (χ1n) is 5.67. The summed E-state index contributed by atoms with van der Waals surface area (Å²) in [6, 6.07) is 5.07. The first kappa shape index (κ1) is 13.1. The molecule has 0 fully saturated rings. The zero-order valence-electron chi connectivity index (χ0n) is 10.3. The Bertz CT molecular complexity index is 862. The monoisotopic (exact) mass is 352 g/mol. The maximum atomic E-state index is 12.5. The average molecular weight is 353 g/mol. The third kappa shape index (κ3) is 2.19. The largest absolute Gasteiger partial charge is 0.496 e. The van der Waals surface area contributed by atoms with Gasteiger partial charge in [0.15, 0.2) is 0 Å². The number of nitrogens with one attached hydrogen (secondary N) is 2. The highest BCUT2D eigenvalue weighted by atomic mass is 79.9. The van der Waals surface area contributed by atoms with Gasteiger partial charge in [0, 0.05) is 21.5 Å². The number of aromatic nitrogens is 2. The first-order valence-corrected chi connectivity index (χ1v) is 7.34. The Morgan fingerprint density at radius 2 is 1.95 bits per heavy atom. The molecular formula is C13H9BrN2O3S. The fourth-order valence-corrected chi connectivity index (χ4v) is 3.24. The Morgan fingerprint density at radius 3 is 2.60 bits per heavy atom. The highest BCUT2D eigenvalue weighted by molar-refractivity contribution is 9.10. The maximum absolute atomic E-state index is 12.5. The third-order valence-electron chi connectivity index (χ3n) is 2.88. The van der Waals surface area contributed by atoms with Gasteiger partial charge in [0.05, 0.1) is 23.0 Å². The Kier molecular flexibility index (Phi) is 3.23. The van der Waals surface area contributed by atoms with E-state index >= 15 is 0 Å². The summed E-state index contributed by atoms with van der Waals surface area (Å²) in [5, 5.41) is 1.78. The number of ketones is 1. The lowest BCUT2D eigenvalue weighted by atomic mass is 10.1. The molecule has 20 heavy (non-hydrogen) atoms. The fourth-order valence-electron chi connectivity index (χ4n) is 1.91. The number of benzene rings is 1. The van der Waals surface area contributed by atoms with Crippen molar-refractivity contribution in [2.75, 3.05) is 7.11 Å². The van der Waals surface area contributed by atoms with Crippen LogP contribution >= 0.6 is 27.3 Å². The predicted molar refractivity (Wildman–Crippen MR) is 80.9 cm³/mol. The second kappa shape index (κ2) is 4.92. The summed E-state index contributed by atoms with van der Waals surface area (Å²) >= 11 is 4.69. The molecule has 3 aromatic rings. The number of halogens is 1. The molecule has 0 unspecified atom stereocenters. The summed E-state index contributed by atoms with van der Waals surface area (Å²) in [6.45, 7) is 0. The zero-order valence-corrected chi connectivity index (χ0v) is 12.7. The second-order valence-corrected chi connectivity index (χ2v) is 5.90. The normalized spacial score (nSPS) is 10.9.